The van der Waals surface area contributed by atoms with Crippen LogP contribution in [0.25, 0.3) is 0 Å². The molecular weight excluding hydrogens is 374 g/mol. The van der Waals surface area contributed by atoms with Gasteiger partial charge in [-0.2, -0.15) is 0 Å². The SMILES string of the molecule is Nc1cc(S(=O)(=O)N[C@H]2CC[C@H](C(N)=O)CC2)ccc1C#Cc1ccccc1. The predicted molar refractivity (Wildman–Crippen MR) is 109 cm³/mol. The molecule has 0 saturated heterocycles. The lowest BCUT2D eigenvalue weighted by Crippen LogP contribution is -2.39. The highest BCUT2D eigenvalue weighted by Gasteiger charge is 2.28. The average molecular weight is 398 g/mol. The summed E-state index contributed by atoms with van der Waals surface area (Å²) >= 11 is 0. The summed E-state index contributed by atoms with van der Waals surface area (Å²) in [6.07, 6.45) is 2.36. The highest BCUT2D eigenvalue weighted by Crippen LogP contribution is 2.26. The number of carbonyl (C=O) groups excluding carboxylic acids is 1. The van der Waals surface area contributed by atoms with Crippen LogP contribution < -0.4 is 16.2 Å². The van der Waals surface area contributed by atoms with Crippen LogP contribution in [0.4, 0.5) is 5.69 Å². The van der Waals surface area contributed by atoms with Gasteiger partial charge in [0.05, 0.1) is 4.90 Å². The van der Waals surface area contributed by atoms with E-state index in [0.717, 1.165) is 5.56 Å². The number of nitrogens with one attached hydrogen (secondary N) is 1. The number of hydrogen-bond donors (Lipinski definition) is 3. The van der Waals surface area contributed by atoms with Crippen LogP contribution in [0.5, 0.6) is 0 Å². The fourth-order valence-electron chi connectivity index (χ4n) is 3.27. The molecule has 6 nitrogen and oxygen atoms in total. The van der Waals surface area contributed by atoms with Gasteiger partial charge in [-0.05, 0) is 56.0 Å². The van der Waals surface area contributed by atoms with Crippen LogP contribution >= 0.6 is 0 Å². The predicted octanol–water partition coefficient (Wildman–Crippen LogP) is 1.99. The fraction of sp³-hybridized carbons (Fsp3) is 0.286. The van der Waals surface area contributed by atoms with Gasteiger partial charge in [0.1, 0.15) is 0 Å². The molecule has 1 fully saturated rings. The second kappa shape index (κ2) is 8.46. The lowest BCUT2D eigenvalue weighted by Gasteiger charge is -2.27. The Balaban J connectivity index is 1.70. The Morgan fingerprint density at radius 3 is 2.29 bits per heavy atom. The van der Waals surface area contributed by atoms with Crippen molar-refractivity contribution in [2.24, 2.45) is 11.7 Å². The summed E-state index contributed by atoms with van der Waals surface area (Å²) in [5.41, 5.74) is 13.1. The molecule has 1 amide bonds. The first kappa shape index (κ1) is 19.9. The summed E-state index contributed by atoms with van der Waals surface area (Å²) in [7, 11) is -3.70. The third kappa shape index (κ3) is 4.91. The Morgan fingerprint density at radius 2 is 1.68 bits per heavy atom. The van der Waals surface area contributed by atoms with E-state index >= 15 is 0 Å². The molecule has 0 aromatic heterocycles. The van der Waals surface area contributed by atoms with Gasteiger partial charge in [-0.15, -0.1) is 0 Å². The van der Waals surface area contributed by atoms with Gasteiger partial charge in [-0.3, -0.25) is 4.79 Å². The van der Waals surface area contributed by atoms with Crippen molar-refractivity contribution in [1.29, 1.82) is 0 Å². The van der Waals surface area contributed by atoms with E-state index in [0.29, 0.717) is 36.9 Å². The topological polar surface area (TPSA) is 115 Å². The van der Waals surface area contributed by atoms with Gasteiger partial charge in [0.2, 0.25) is 15.9 Å². The molecule has 1 aliphatic rings. The van der Waals surface area contributed by atoms with Crippen LogP contribution in [-0.2, 0) is 14.8 Å². The average Bonchev–Trinajstić information content (AvgIpc) is 2.68. The summed E-state index contributed by atoms with van der Waals surface area (Å²) in [5.74, 6) is 5.49. The molecular formula is C21H23N3O3S. The highest BCUT2D eigenvalue weighted by atomic mass is 32.2. The number of rotatable bonds is 4. The third-order valence-electron chi connectivity index (χ3n) is 4.90. The van der Waals surface area contributed by atoms with Crippen LogP contribution in [0.3, 0.4) is 0 Å². The molecule has 1 saturated carbocycles. The van der Waals surface area contributed by atoms with Gasteiger partial charge in [0, 0.05) is 28.8 Å². The van der Waals surface area contributed by atoms with E-state index in [1.807, 2.05) is 30.3 Å². The Kier molecular flexibility index (Phi) is 6.02. The molecule has 0 bridgehead atoms. The largest absolute Gasteiger partial charge is 0.398 e. The maximum absolute atomic E-state index is 12.7. The number of amides is 1. The fourth-order valence-corrected chi connectivity index (χ4v) is 4.61. The smallest absolute Gasteiger partial charge is 0.240 e. The molecule has 5 N–H and O–H groups in total. The standard InChI is InChI=1S/C21H23N3O3S/c22-20-14-19(13-10-16(20)7-6-15-4-2-1-3-5-15)28(26,27)24-18-11-8-17(9-12-18)21(23)25/h1-5,10,13-14,17-18,24H,8-9,11-12,22H2,(H2,23,25)/t17-,18-. The third-order valence-corrected chi connectivity index (χ3v) is 6.42. The van der Waals surface area contributed by atoms with E-state index < -0.39 is 10.0 Å². The Morgan fingerprint density at radius 1 is 1.00 bits per heavy atom. The van der Waals surface area contributed by atoms with Crippen molar-refractivity contribution in [3.63, 3.8) is 0 Å². The Labute approximate surface area is 165 Å². The zero-order valence-corrected chi connectivity index (χ0v) is 16.2. The lowest BCUT2D eigenvalue weighted by molar-refractivity contribution is -0.122. The highest BCUT2D eigenvalue weighted by molar-refractivity contribution is 7.89. The number of hydrogen-bond acceptors (Lipinski definition) is 4. The quantitative estimate of drug-likeness (QED) is 0.540. The van der Waals surface area contributed by atoms with Crippen LogP contribution in [-0.4, -0.2) is 20.4 Å². The lowest BCUT2D eigenvalue weighted by atomic mass is 9.86. The van der Waals surface area contributed by atoms with Crippen LogP contribution in [0, 0.1) is 17.8 Å². The number of benzene rings is 2. The maximum Gasteiger partial charge on any atom is 0.240 e. The first-order valence-electron chi connectivity index (χ1n) is 9.13. The van der Waals surface area contributed by atoms with Gasteiger partial charge in [-0.1, -0.05) is 30.0 Å². The van der Waals surface area contributed by atoms with Crippen molar-refractivity contribution in [3.05, 3.63) is 59.7 Å². The van der Waals surface area contributed by atoms with E-state index in [4.69, 9.17) is 11.5 Å². The van der Waals surface area contributed by atoms with E-state index in [9.17, 15) is 13.2 Å². The van der Waals surface area contributed by atoms with E-state index in [2.05, 4.69) is 16.6 Å². The van der Waals surface area contributed by atoms with Crippen LogP contribution in [0.2, 0.25) is 0 Å². The van der Waals surface area contributed by atoms with Crippen molar-refractivity contribution in [2.45, 2.75) is 36.6 Å². The normalized spacial score (nSPS) is 19.4. The molecule has 1 aliphatic carbocycles. The minimum Gasteiger partial charge on any atom is -0.398 e. The zero-order chi connectivity index (χ0) is 20.1. The molecule has 146 valence electrons. The molecule has 3 rings (SSSR count). The molecule has 7 heteroatoms. The summed E-state index contributed by atoms with van der Waals surface area (Å²) in [6, 6.07) is 13.8. The van der Waals surface area contributed by atoms with Crippen LogP contribution in [0.15, 0.2) is 53.4 Å². The number of anilines is 1. The molecule has 0 spiro atoms. The van der Waals surface area contributed by atoms with Gasteiger partial charge < -0.3 is 11.5 Å². The molecule has 28 heavy (non-hydrogen) atoms. The van der Waals surface area contributed by atoms with E-state index in [-0.39, 0.29) is 22.8 Å². The monoisotopic (exact) mass is 397 g/mol. The molecule has 2 aromatic rings. The van der Waals surface area contributed by atoms with Gasteiger partial charge in [0.25, 0.3) is 0 Å². The Bertz CT molecular complexity index is 1020. The molecule has 0 heterocycles. The molecule has 0 aliphatic heterocycles. The molecule has 0 radical (unpaired) electrons. The van der Waals surface area contributed by atoms with Gasteiger partial charge in [0.15, 0.2) is 0 Å². The second-order valence-corrected chi connectivity index (χ2v) is 8.65. The van der Waals surface area contributed by atoms with E-state index in [1.54, 1.807) is 6.07 Å². The second-order valence-electron chi connectivity index (χ2n) is 6.94. The number of nitrogens with two attached hydrogens (primary N) is 2. The van der Waals surface area contributed by atoms with Gasteiger partial charge >= 0.3 is 0 Å². The number of primary amides is 1. The number of nitrogen functional groups attached to an aromatic ring is 1. The minimum absolute atomic E-state index is 0.104. The van der Waals surface area contributed by atoms with Gasteiger partial charge in [-0.25, -0.2) is 13.1 Å². The Hall–Kier alpha value is -2.82. The molecule has 0 unspecified atom stereocenters. The summed E-state index contributed by atoms with van der Waals surface area (Å²) in [6.45, 7) is 0. The summed E-state index contributed by atoms with van der Waals surface area (Å²) in [4.78, 5) is 11.3. The number of carbonyl (C=O) groups is 1. The summed E-state index contributed by atoms with van der Waals surface area (Å²) < 4.78 is 28.0. The van der Waals surface area contributed by atoms with Crippen molar-refractivity contribution in [3.8, 4) is 11.8 Å². The zero-order valence-electron chi connectivity index (χ0n) is 15.4. The summed E-state index contributed by atoms with van der Waals surface area (Å²) in [5, 5.41) is 0. The van der Waals surface area contributed by atoms with E-state index in [1.165, 1.54) is 12.1 Å². The maximum atomic E-state index is 12.7. The minimum atomic E-state index is -3.70. The van der Waals surface area contributed by atoms with Crippen molar-refractivity contribution < 1.29 is 13.2 Å². The van der Waals surface area contributed by atoms with Crippen LogP contribution in [0.1, 0.15) is 36.8 Å². The first-order chi connectivity index (χ1) is 13.3. The van der Waals surface area contributed by atoms with Crippen molar-refractivity contribution in [1.82, 2.24) is 4.72 Å². The number of sulfonamides is 1. The first-order valence-corrected chi connectivity index (χ1v) is 10.6. The van der Waals surface area contributed by atoms with Crippen molar-refractivity contribution in [2.75, 3.05) is 5.73 Å². The molecule has 2 aromatic carbocycles. The van der Waals surface area contributed by atoms with Crippen molar-refractivity contribution >= 4 is 21.6 Å². The molecule has 0 atom stereocenters.